The van der Waals surface area contributed by atoms with Crippen molar-refractivity contribution in [1.29, 1.82) is 0 Å². The number of carbonyl (C=O) groups excluding carboxylic acids is 1. The van der Waals surface area contributed by atoms with Crippen LogP contribution in [0.2, 0.25) is 10.0 Å². The van der Waals surface area contributed by atoms with E-state index in [2.05, 4.69) is 26.2 Å². The second-order valence-corrected chi connectivity index (χ2v) is 7.10. The Morgan fingerprint density at radius 2 is 1.96 bits per heavy atom. The maximum absolute atomic E-state index is 12.1. The first-order valence-electron chi connectivity index (χ1n) is 7.68. The molecule has 0 bridgehead atoms. The largest absolute Gasteiger partial charge is 0.462 e. The first-order valence-corrected chi connectivity index (χ1v) is 9.23. The van der Waals surface area contributed by atoms with Gasteiger partial charge < -0.3 is 15.8 Å². The summed E-state index contributed by atoms with van der Waals surface area (Å²) in [5, 5.41) is 4.87. The molecule has 0 amide bonds. The number of nitrogens with two attached hydrogens (primary N) is 1. The first-order chi connectivity index (χ1) is 12.4. The van der Waals surface area contributed by atoms with Crippen LogP contribution in [0.3, 0.4) is 0 Å². The summed E-state index contributed by atoms with van der Waals surface area (Å²) in [6.07, 6.45) is 1.62. The molecular weight excluding hydrogens is 441 g/mol. The zero-order chi connectivity index (χ0) is 18.8. The van der Waals surface area contributed by atoms with Crippen molar-refractivity contribution in [2.75, 3.05) is 17.7 Å². The van der Waals surface area contributed by atoms with Gasteiger partial charge in [0, 0.05) is 16.1 Å². The Morgan fingerprint density at radius 3 is 2.69 bits per heavy atom. The van der Waals surface area contributed by atoms with E-state index in [0.717, 1.165) is 0 Å². The minimum absolute atomic E-state index is 0.261. The first kappa shape index (κ1) is 18.8. The fraction of sp³-hybridized carbons (Fsp3) is 0.111. The van der Waals surface area contributed by atoms with Crippen molar-refractivity contribution in [2.45, 2.75) is 6.92 Å². The lowest BCUT2D eigenvalue weighted by Crippen LogP contribution is -2.10. The Kier molecular flexibility index (Phi) is 5.55. The third kappa shape index (κ3) is 3.58. The Hall–Kier alpha value is -2.02. The molecule has 0 aliphatic carbocycles. The number of carbonyl (C=O) groups is 1. The van der Waals surface area contributed by atoms with Crippen LogP contribution in [0.4, 0.5) is 17.1 Å². The molecule has 1 aromatic heterocycles. The molecule has 1 heterocycles. The van der Waals surface area contributed by atoms with Crippen molar-refractivity contribution in [1.82, 2.24) is 4.98 Å². The van der Waals surface area contributed by atoms with E-state index in [1.54, 1.807) is 43.5 Å². The molecule has 0 radical (unpaired) electrons. The molecule has 0 aliphatic rings. The monoisotopic (exact) mass is 453 g/mol. The Balaban J connectivity index is 2.12. The molecule has 0 fully saturated rings. The third-order valence-electron chi connectivity index (χ3n) is 3.70. The van der Waals surface area contributed by atoms with Gasteiger partial charge in [-0.05, 0) is 37.3 Å². The number of nitrogens with zero attached hydrogens (tertiary/aromatic N) is 1. The molecule has 8 heteroatoms. The lowest BCUT2D eigenvalue weighted by molar-refractivity contribution is 0.0527. The fourth-order valence-electron chi connectivity index (χ4n) is 2.54. The van der Waals surface area contributed by atoms with Gasteiger partial charge in [0.2, 0.25) is 0 Å². The third-order valence-corrected chi connectivity index (χ3v) is 4.78. The number of pyridine rings is 1. The second kappa shape index (κ2) is 7.70. The van der Waals surface area contributed by atoms with E-state index in [4.69, 9.17) is 33.7 Å². The Bertz CT molecular complexity index is 1010. The molecule has 2 aromatic carbocycles. The van der Waals surface area contributed by atoms with Crippen LogP contribution in [0, 0.1) is 0 Å². The minimum atomic E-state index is -0.491. The van der Waals surface area contributed by atoms with E-state index >= 15 is 0 Å². The van der Waals surface area contributed by atoms with E-state index in [1.807, 2.05) is 0 Å². The quantitative estimate of drug-likeness (QED) is 0.384. The molecule has 0 aliphatic heterocycles. The lowest BCUT2D eigenvalue weighted by atomic mass is 10.1. The van der Waals surface area contributed by atoms with Gasteiger partial charge in [0.25, 0.3) is 0 Å². The molecule has 0 unspecified atom stereocenters. The molecule has 0 atom stereocenters. The topological polar surface area (TPSA) is 77.2 Å². The summed E-state index contributed by atoms with van der Waals surface area (Å²) in [6.45, 7) is 2.00. The molecule has 3 N–H and O–H groups in total. The highest BCUT2D eigenvalue weighted by Gasteiger charge is 2.17. The average Bonchev–Trinajstić information content (AvgIpc) is 2.61. The van der Waals surface area contributed by atoms with Gasteiger partial charge in [-0.15, -0.1) is 0 Å². The SMILES string of the molecule is CCOC(=O)c1cc(Br)cc(Nc2ccnc3c(Cl)ccc(Cl)c23)c1N. The number of anilines is 3. The smallest absolute Gasteiger partial charge is 0.340 e. The van der Waals surface area contributed by atoms with Crippen LogP contribution in [-0.4, -0.2) is 17.6 Å². The van der Waals surface area contributed by atoms with E-state index in [-0.39, 0.29) is 17.9 Å². The normalized spacial score (nSPS) is 10.8. The molecule has 5 nitrogen and oxygen atoms in total. The van der Waals surface area contributed by atoms with Crippen LogP contribution in [0.1, 0.15) is 17.3 Å². The molecular formula is C18H14BrCl2N3O2. The van der Waals surface area contributed by atoms with Crippen molar-refractivity contribution in [3.8, 4) is 0 Å². The van der Waals surface area contributed by atoms with Crippen molar-refractivity contribution in [3.63, 3.8) is 0 Å². The number of hydrogen-bond acceptors (Lipinski definition) is 5. The number of fused-ring (bicyclic) bond motifs is 1. The van der Waals surface area contributed by atoms with Crippen LogP contribution in [-0.2, 0) is 4.74 Å². The highest BCUT2D eigenvalue weighted by molar-refractivity contribution is 9.10. The molecule has 0 saturated heterocycles. The Morgan fingerprint density at radius 1 is 1.23 bits per heavy atom. The highest BCUT2D eigenvalue weighted by Crippen LogP contribution is 2.37. The van der Waals surface area contributed by atoms with Crippen LogP contribution in [0.25, 0.3) is 10.9 Å². The van der Waals surface area contributed by atoms with Gasteiger partial charge in [-0.25, -0.2) is 4.79 Å². The van der Waals surface area contributed by atoms with Gasteiger partial charge in [0.1, 0.15) is 0 Å². The lowest BCUT2D eigenvalue weighted by Gasteiger charge is -2.15. The van der Waals surface area contributed by atoms with E-state index < -0.39 is 5.97 Å². The summed E-state index contributed by atoms with van der Waals surface area (Å²) in [6, 6.07) is 8.54. The van der Waals surface area contributed by atoms with E-state index in [9.17, 15) is 4.79 Å². The maximum atomic E-state index is 12.1. The van der Waals surface area contributed by atoms with Crippen molar-refractivity contribution >= 4 is 73.1 Å². The number of nitrogens with one attached hydrogen (secondary N) is 1. The summed E-state index contributed by atoms with van der Waals surface area (Å²) in [4.78, 5) is 16.4. The Labute approximate surface area is 168 Å². The van der Waals surface area contributed by atoms with Gasteiger partial charge in [-0.2, -0.15) is 0 Å². The van der Waals surface area contributed by atoms with Gasteiger partial charge in [0.05, 0.1) is 44.8 Å². The van der Waals surface area contributed by atoms with Crippen LogP contribution in [0.5, 0.6) is 0 Å². The number of halogens is 3. The molecule has 3 aromatic rings. The van der Waals surface area contributed by atoms with Crippen molar-refractivity contribution < 1.29 is 9.53 Å². The predicted molar refractivity (Wildman–Crippen MR) is 110 cm³/mol. The zero-order valence-electron chi connectivity index (χ0n) is 13.6. The number of aromatic nitrogens is 1. The summed E-state index contributed by atoms with van der Waals surface area (Å²) in [5.74, 6) is -0.491. The van der Waals surface area contributed by atoms with Gasteiger partial charge in [-0.1, -0.05) is 39.1 Å². The minimum Gasteiger partial charge on any atom is -0.462 e. The summed E-state index contributed by atoms with van der Waals surface area (Å²) >= 11 is 16.0. The highest BCUT2D eigenvalue weighted by atomic mass is 79.9. The second-order valence-electron chi connectivity index (χ2n) is 5.37. The maximum Gasteiger partial charge on any atom is 0.340 e. The fourth-order valence-corrected chi connectivity index (χ4v) is 3.46. The molecule has 3 rings (SSSR count). The number of nitrogen functional groups attached to an aromatic ring is 1. The van der Waals surface area contributed by atoms with Crippen LogP contribution in [0.15, 0.2) is 41.0 Å². The number of benzene rings is 2. The number of rotatable bonds is 4. The van der Waals surface area contributed by atoms with Gasteiger partial charge in [-0.3, -0.25) is 4.98 Å². The number of ether oxygens (including phenoxy) is 1. The van der Waals surface area contributed by atoms with Crippen molar-refractivity contribution in [3.05, 3.63) is 56.6 Å². The molecule has 0 spiro atoms. The zero-order valence-corrected chi connectivity index (χ0v) is 16.7. The number of hydrogen-bond donors (Lipinski definition) is 2. The standard InChI is InChI=1S/C18H14BrCl2N3O2/c1-2-26-18(25)10-7-9(19)8-14(16(10)22)24-13-5-6-23-17-12(21)4-3-11(20)15(13)17/h3-8H,2,22H2,1H3,(H,23,24). The van der Waals surface area contributed by atoms with E-state index in [0.29, 0.717) is 36.8 Å². The summed E-state index contributed by atoms with van der Waals surface area (Å²) in [7, 11) is 0. The van der Waals surface area contributed by atoms with Crippen LogP contribution >= 0.6 is 39.1 Å². The van der Waals surface area contributed by atoms with Crippen LogP contribution < -0.4 is 11.1 Å². The van der Waals surface area contributed by atoms with Gasteiger partial charge in [0.15, 0.2) is 0 Å². The van der Waals surface area contributed by atoms with Gasteiger partial charge >= 0.3 is 5.97 Å². The average molecular weight is 455 g/mol. The number of esters is 1. The summed E-state index contributed by atoms with van der Waals surface area (Å²) in [5.41, 5.74) is 8.50. The molecule has 26 heavy (non-hydrogen) atoms. The summed E-state index contributed by atoms with van der Waals surface area (Å²) < 4.78 is 5.74. The van der Waals surface area contributed by atoms with Crippen molar-refractivity contribution in [2.24, 2.45) is 0 Å². The predicted octanol–water partition coefficient (Wildman–Crippen LogP) is 5.81. The molecule has 0 saturated carbocycles. The van der Waals surface area contributed by atoms with E-state index in [1.165, 1.54) is 0 Å². The molecule has 134 valence electrons.